The van der Waals surface area contributed by atoms with Crippen LogP contribution in [0.1, 0.15) is 16.4 Å². The number of nitrogens with one attached hydrogen (secondary N) is 1. The fourth-order valence-electron chi connectivity index (χ4n) is 1.21. The van der Waals surface area contributed by atoms with Crippen molar-refractivity contribution in [1.82, 2.24) is 9.88 Å². The van der Waals surface area contributed by atoms with Gasteiger partial charge in [0.05, 0.1) is 6.04 Å². The Morgan fingerprint density at radius 3 is 2.91 bits per heavy atom. The zero-order chi connectivity index (χ0) is 7.68. The Hall–Kier alpha value is -1.09. The first-order chi connectivity index (χ1) is 5.40. The van der Waals surface area contributed by atoms with Gasteiger partial charge in [0.25, 0.3) is 0 Å². The van der Waals surface area contributed by atoms with E-state index in [4.69, 9.17) is 0 Å². The van der Waals surface area contributed by atoms with Crippen molar-refractivity contribution in [3.8, 4) is 0 Å². The highest BCUT2D eigenvalue weighted by Crippen LogP contribution is 2.12. The van der Waals surface area contributed by atoms with Crippen LogP contribution in [0.3, 0.4) is 0 Å². The summed E-state index contributed by atoms with van der Waals surface area (Å²) in [5.41, 5.74) is 0.761. The highest BCUT2D eigenvalue weighted by atomic mass is 16.1. The third-order valence-corrected chi connectivity index (χ3v) is 2.05. The van der Waals surface area contributed by atoms with Crippen LogP contribution in [0.15, 0.2) is 18.5 Å². The minimum absolute atomic E-state index is 0.559. The van der Waals surface area contributed by atoms with E-state index in [0.717, 1.165) is 24.9 Å². The summed E-state index contributed by atoms with van der Waals surface area (Å²) in [6.07, 6.45) is 4.72. The molecular weight excluding hydrogens is 140 g/mol. The number of carbonyl (C=O) groups is 1. The molecule has 58 valence electrons. The first kappa shape index (κ1) is 6.61. The summed E-state index contributed by atoms with van der Waals surface area (Å²) in [6.45, 7) is 2.04. The molecule has 0 atom stereocenters. The number of rotatable bonds is 2. The van der Waals surface area contributed by atoms with Gasteiger partial charge in [-0.25, -0.2) is 0 Å². The molecule has 0 aromatic carbocycles. The summed E-state index contributed by atoms with van der Waals surface area (Å²) >= 11 is 0. The quantitative estimate of drug-likeness (QED) is 0.621. The lowest BCUT2D eigenvalue weighted by Crippen LogP contribution is -2.42. The molecule has 0 spiro atoms. The molecule has 1 aromatic rings. The predicted molar refractivity (Wildman–Crippen MR) is 41.7 cm³/mol. The normalized spacial score (nSPS) is 17.8. The molecule has 0 amide bonds. The van der Waals surface area contributed by atoms with Gasteiger partial charge in [0.15, 0.2) is 6.29 Å². The van der Waals surface area contributed by atoms with Gasteiger partial charge in [0.1, 0.15) is 0 Å². The molecule has 0 aliphatic carbocycles. The molecule has 0 bridgehead atoms. The van der Waals surface area contributed by atoms with E-state index in [0.29, 0.717) is 6.04 Å². The number of nitrogens with zero attached hydrogens (tertiary/aromatic N) is 1. The van der Waals surface area contributed by atoms with Crippen LogP contribution < -0.4 is 5.32 Å². The Labute approximate surface area is 65.0 Å². The summed E-state index contributed by atoms with van der Waals surface area (Å²) in [5, 5.41) is 3.18. The lowest BCUT2D eigenvalue weighted by Gasteiger charge is -2.28. The highest BCUT2D eigenvalue weighted by molar-refractivity contribution is 5.74. The van der Waals surface area contributed by atoms with Crippen molar-refractivity contribution >= 4 is 6.29 Å². The molecule has 1 aliphatic heterocycles. The number of hydrogen-bond acceptors (Lipinski definition) is 2. The van der Waals surface area contributed by atoms with Gasteiger partial charge >= 0.3 is 0 Å². The first-order valence-corrected chi connectivity index (χ1v) is 3.73. The summed E-state index contributed by atoms with van der Waals surface area (Å²) in [5.74, 6) is 0. The maximum atomic E-state index is 10.3. The third kappa shape index (κ3) is 1.07. The fourth-order valence-corrected chi connectivity index (χ4v) is 1.21. The monoisotopic (exact) mass is 150 g/mol. The second-order valence-electron chi connectivity index (χ2n) is 2.82. The molecule has 1 aliphatic rings. The number of aromatic nitrogens is 1. The molecule has 2 rings (SSSR count). The lowest BCUT2D eigenvalue weighted by atomic mass is 10.2. The zero-order valence-electron chi connectivity index (χ0n) is 6.16. The van der Waals surface area contributed by atoms with Gasteiger partial charge in [-0.15, -0.1) is 0 Å². The second kappa shape index (κ2) is 2.51. The van der Waals surface area contributed by atoms with E-state index in [1.165, 1.54) is 0 Å². The second-order valence-corrected chi connectivity index (χ2v) is 2.82. The van der Waals surface area contributed by atoms with E-state index in [1.807, 2.05) is 18.5 Å². The molecule has 0 unspecified atom stereocenters. The van der Waals surface area contributed by atoms with Crippen LogP contribution in [0.2, 0.25) is 0 Å². The van der Waals surface area contributed by atoms with E-state index in [-0.39, 0.29) is 0 Å². The molecule has 2 heterocycles. The van der Waals surface area contributed by atoms with Crippen molar-refractivity contribution in [2.75, 3.05) is 13.1 Å². The summed E-state index contributed by atoms with van der Waals surface area (Å²) in [7, 11) is 0. The Balaban J connectivity index is 2.17. The van der Waals surface area contributed by atoms with Gasteiger partial charge in [-0.05, 0) is 6.07 Å². The van der Waals surface area contributed by atoms with E-state index >= 15 is 0 Å². The van der Waals surface area contributed by atoms with E-state index in [1.54, 1.807) is 0 Å². The minimum Gasteiger partial charge on any atom is -0.348 e. The standard InChI is InChI=1S/C8H10N2O/c11-6-7-1-2-10(5-7)8-3-9-4-8/h1-2,5-6,8-9H,3-4H2. The Morgan fingerprint density at radius 2 is 2.45 bits per heavy atom. The molecule has 3 nitrogen and oxygen atoms in total. The molecule has 11 heavy (non-hydrogen) atoms. The smallest absolute Gasteiger partial charge is 0.151 e. The van der Waals surface area contributed by atoms with Gasteiger partial charge in [-0.3, -0.25) is 4.79 Å². The van der Waals surface area contributed by atoms with Gasteiger partial charge in [-0.1, -0.05) is 0 Å². The average Bonchev–Trinajstić information content (AvgIpc) is 2.32. The van der Waals surface area contributed by atoms with Crippen LogP contribution in [0.4, 0.5) is 0 Å². The third-order valence-electron chi connectivity index (χ3n) is 2.05. The molecule has 1 aromatic heterocycles. The van der Waals surface area contributed by atoms with Crippen LogP contribution in [0.25, 0.3) is 0 Å². The number of carbonyl (C=O) groups excluding carboxylic acids is 1. The Morgan fingerprint density at radius 1 is 1.64 bits per heavy atom. The van der Waals surface area contributed by atoms with E-state index in [2.05, 4.69) is 9.88 Å². The summed E-state index contributed by atoms with van der Waals surface area (Å²) in [4.78, 5) is 10.3. The van der Waals surface area contributed by atoms with Gasteiger partial charge in [0.2, 0.25) is 0 Å². The van der Waals surface area contributed by atoms with Crippen molar-refractivity contribution in [2.45, 2.75) is 6.04 Å². The van der Waals surface area contributed by atoms with Crippen molar-refractivity contribution in [3.63, 3.8) is 0 Å². The largest absolute Gasteiger partial charge is 0.348 e. The maximum Gasteiger partial charge on any atom is 0.151 e. The highest BCUT2D eigenvalue weighted by Gasteiger charge is 2.17. The molecule has 0 radical (unpaired) electrons. The first-order valence-electron chi connectivity index (χ1n) is 3.73. The summed E-state index contributed by atoms with van der Waals surface area (Å²) in [6, 6.07) is 2.40. The SMILES string of the molecule is O=Cc1ccn(C2CNC2)c1. The zero-order valence-corrected chi connectivity index (χ0v) is 6.16. The Bertz CT molecular complexity index is 263. The van der Waals surface area contributed by atoms with Gasteiger partial charge in [-0.2, -0.15) is 0 Å². The fraction of sp³-hybridized carbons (Fsp3) is 0.375. The van der Waals surface area contributed by atoms with E-state index < -0.39 is 0 Å². The molecular formula is C8H10N2O. The topological polar surface area (TPSA) is 34.0 Å². The van der Waals surface area contributed by atoms with Gasteiger partial charge in [0, 0.05) is 31.0 Å². The van der Waals surface area contributed by atoms with Crippen LogP contribution in [0, 0.1) is 0 Å². The predicted octanol–water partition coefficient (Wildman–Crippen LogP) is 0.445. The maximum absolute atomic E-state index is 10.3. The molecule has 0 saturated carbocycles. The Kier molecular flexibility index (Phi) is 1.51. The van der Waals surface area contributed by atoms with Crippen LogP contribution in [-0.4, -0.2) is 23.9 Å². The number of hydrogen-bond donors (Lipinski definition) is 1. The van der Waals surface area contributed by atoms with Crippen molar-refractivity contribution in [2.24, 2.45) is 0 Å². The van der Waals surface area contributed by atoms with Crippen molar-refractivity contribution in [3.05, 3.63) is 24.0 Å². The molecule has 3 heteroatoms. The van der Waals surface area contributed by atoms with Gasteiger partial charge < -0.3 is 9.88 Å². The van der Waals surface area contributed by atoms with Crippen LogP contribution in [0.5, 0.6) is 0 Å². The summed E-state index contributed by atoms with van der Waals surface area (Å²) < 4.78 is 2.08. The molecule has 1 N–H and O–H groups in total. The number of aldehydes is 1. The molecule has 1 fully saturated rings. The van der Waals surface area contributed by atoms with E-state index in [9.17, 15) is 4.79 Å². The van der Waals surface area contributed by atoms with Crippen molar-refractivity contribution in [1.29, 1.82) is 0 Å². The van der Waals surface area contributed by atoms with Crippen LogP contribution >= 0.6 is 0 Å². The lowest BCUT2D eigenvalue weighted by molar-refractivity contribution is 0.112. The average molecular weight is 150 g/mol. The molecule has 1 saturated heterocycles. The van der Waals surface area contributed by atoms with Crippen molar-refractivity contribution < 1.29 is 4.79 Å². The minimum atomic E-state index is 0.559. The van der Waals surface area contributed by atoms with Crippen LogP contribution in [-0.2, 0) is 0 Å².